The number of hydrogen-bond acceptors (Lipinski definition) is 4. The van der Waals surface area contributed by atoms with E-state index in [1.54, 1.807) is 18.2 Å². The highest BCUT2D eigenvalue weighted by Gasteiger charge is 2.29. The Hall–Kier alpha value is -2.41. The smallest absolute Gasteiger partial charge is 0.330 e. The maximum atomic E-state index is 12.0. The first kappa shape index (κ1) is 17.0. The van der Waals surface area contributed by atoms with Crippen LogP contribution >= 0.6 is 0 Å². The number of aliphatic carboxylic acids is 1. The lowest BCUT2D eigenvalue weighted by Gasteiger charge is -2.18. The number of fused-ring (bicyclic) bond motifs is 1. The van der Waals surface area contributed by atoms with Gasteiger partial charge in [0.05, 0.1) is 0 Å². The summed E-state index contributed by atoms with van der Waals surface area (Å²) in [7, 11) is -3.60. The van der Waals surface area contributed by atoms with Crippen molar-refractivity contribution in [3.63, 3.8) is 0 Å². The predicted octanol–water partition coefficient (Wildman–Crippen LogP) is 1.51. The second kappa shape index (κ2) is 6.37. The molecule has 0 aliphatic carbocycles. The molecule has 0 aliphatic rings. The van der Waals surface area contributed by atoms with Crippen LogP contribution in [0.4, 0.5) is 0 Å². The summed E-state index contributed by atoms with van der Waals surface area (Å²) in [6.45, 7) is 1.23. The van der Waals surface area contributed by atoms with E-state index in [9.17, 15) is 23.1 Å². The van der Waals surface area contributed by atoms with Crippen LogP contribution in [0, 0.1) is 0 Å². The summed E-state index contributed by atoms with van der Waals surface area (Å²) in [5.41, 5.74) is 0.380. The number of hydrogen-bond donors (Lipinski definition) is 2. The molecule has 2 aromatic rings. The molecule has 2 aromatic carbocycles. The number of carbonyl (C=O) groups excluding carboxylic acids is 1. The average Bonchev–Trinajstić information content (AvgIpc) is 2.50. The fraction of sp³-hybridized carbons (Fsp3) is 0.250. The Morgan fingerprint density at radius 3 is 2.26 bits per heavy atom. The Morgan fingerprint density at radius 2 is 1.70 bits per heavy atom. The van der Waals surface area contributed by atoms with Gasteiger partial charge in [0.15, 0.2) is 15.9 Å². The number of carboxylic acids is 1. The highest BCUT2D eigenvalue weighted by molar-refractivity contribution is 7.92. The number of amides is 1. The molecule has 122 valence electrons. The molecule has 1 amide bonds. The van der Waals surface area contributed by atoms with E-state index >= 15 is 0 Å². The number of carboxylic acid groups (broad SMARTS) is 1. The average molecular weight is 335 g/mol. The lowest BCUT2D eigenvalue weighted by molar-refractivity contribution is -0.141. The van der Waals surface area contributed by atoms with Gasteiger partial charge in [-0.05, 0) is 29.3 Å². The van der Waals surface area contributed by atoms with Crippen molar-refractivity contribution >= 4 is 32.5 Å². The van der Waals surface area contributed by atoms with Crippen LogP contribution in [0.25, 0.3) is 10.8 Å². The number of carbonyl (C=O) groups is 2. The van der Waals surface area contributed by atoms with E-state index in [1.165, 1.54) is 6.92 Å². The van der Waals surface area contributed by atoms with Gasteiger partial charge in [-0.25, -0.2) is 13.2 Å². The summed E-state index contributed by atoms with van der Waals surface area (Å²) < 4.78 is 22.9. The van der Waals surface area contributed by atoms with Gasteiger partial charge in [-0.15, -0.1) is 0 Å². The minimum atomic E-state index is -3.60. The Labute approximate surface area is 134 Å². The molecular weight excluding hydrogens is 318 g/mol. The monoisotopic (exact) mass is 335 g/mol. The fourth-order valence-electron chi connectivity index (χ4n) is 2.13. The van der Waals surface area contributed by atoms with Gasteiger partial charge in [0.25, 0.3) is 0 Å². The SMILES string of the molecule is CC(C(=O)NC(C(=O)O)c1ccc2ccccc2c1)S(C)(=O)=O. The van der Waals surface area contributed by atoms with Crippen LogP contribution in [0.5, 0.6) is 0 Å². The molecule has 6 nitrogen and oxygen atoms in total. The lowest BCUT2D eigenvalue weighted by Crippen LogP contribution is -2.42. The molecule has 7 heteroatoms. The van der Waals surface area contributed by atoms with Gasteiger partial charge < -0.3 is 10.4 Å². The van der Waals surface area contributed by atoms with Crippen LogP contribution in [0.1, 0.15) is 18.5 Å². The molecule has 2 N–H and O–H groups in total. The molecular formula is C16H17NO5S. The molecule has 0 saturated heterocycles. The lowest BCUT2D eigenvalue weighted by atomic mass is 10.0. The van der Waals surface area contributed by atoms with Crippen molar-refractivity contribution < 1.29 is 23.1 Å². The third-order valence-corrected chi connectivity index (χ3v) is 5.15. The zero-order valence-electron chi connectivity index (χ0n) is 12.7. The van der Waals surface area contributed by atoms with Crippen LogP contribution in [0.2, 0.25) is 0 Å². The summed E-state index contributed by atoms with van der Waals surface area (Å²) in [6.07, 6.45) is 0.934. The van der Waals surface area contributed by atoms with Crippen molar-refractivity contribution in [3.05, 3.63) is 48.0 Å². The Bertz CT molecular complexity index is 860. The summed E-state index contributed by atoms with van der Waals surface area (Å²) in [6, 6.07) is 11.1. The van der Waals surface area contributed by atoms with Crippen molar-refractivity contribution in [2.45, 2.75) is 18.2 Å². The molecule has 2 unspecified atom stereocenters. The van der Waals surface area contributed by atoms with Crippen LogP contribution in [-0.2, 0) is 19.4 Å². The summed E-state index contributed by atoms with van der Waals surface area (Å²) in [4.78, 5) is 23.5. The van der Waals surface area contributed by atoms with Gasteiger partial charge >= 0.3 is 5.97 Å². The Kier molecular flexibility index (Phi) is 4.70. The van der Waals surface area contributed by atoms with Crippen molar-refractivity contribution in [2.24, 2.45) is 0 Å². The van der Waals surface area contributed by atoms with E-state index < -0.39 is 33.0 Å². The summed E-state index contributed by atoms with van der Waals surface area (Å²) >= 11 is 0. The molecule has 0 aliphatic heterocycles. The quantitative estimate of drug-likeness (QED) is 0.863. The van der Waals surface area contributed by atoms with Gasteiger partial charge in [0.2, 0.25) is 5.91 Å². The van der Waals surface area contributed by atoms with Crippen LogP contribution in [0.3, 0.4) is 0 Å². The van der Waals surface area contributed by atoms with Crippen LogP contribution < -0.4 is 5.32 Å². The maximum Gasteiger partial charge on any atom is 0.330 e. The number of rotatable bonds is 5. The highest BCUT2D eigenvalue weighted by atomic mass is 32.2. The second-order valence-electron chi connectivity index (χ2n) is 5.36. The molecule has 0 aromatic heterocycles. The van der Waals surface area contributed by atoms with Crippen molar-refractivity contribution in [3.8, 4) is 0 Å². The van der Waals surface area contributed by atoms with Gasteiger partial charge in [-0.2, -0.15) is 0 Å². The molecule has 0 bridgehead atoms. The van der Waals surface area contributed by atoms with E-state index in [0.29, 0.717) is 5.56 Å². The molecule has 0 saturated carbocycles. The number of nitrogens with one attached hydrogen (secondary N) is 1. The number of sulfone groups is 1. The standard InChI is InChI=1S/C16H17NO5S/c1-10(23(2,21)22)15(18)17-14(16(19)20)13-8-7-11-5-3-4-6-12(11)9-13/h3-10,14H,1-2H3,(H,17,18)(H,19,20). The van der Waals surface area contributed by atoms with Crippen LogP contribution in [-0.4, -0.2) is 36.9 Å². The summed E-state index contributed by atoms with van der Waals surface area (Å²) in [5, 5.41) is 12.1. The van der Waals surface area contributed by atoms with Gasteiger partial charge in [-0.3, -0.25) is 4.79 Å². The van der Waals surface area contributed by atoms with Crippen LogP contribution in [0.15, 0.2) is 42.5 Å². The molecule has 0 fully saturated rings. The second-order valence-corrected chi connectivity index (χ2v) is 7.72. The highest BCUT2D eigenvalue weighted by Crippen LogP contribution is 2.21. The first-order valence-electron chi connectivity index (χ1n) is 6.91. The Balaban J connectivity index is 2.34. The maximum absolute atomic E-state index is 12.0. The molecule has 0 spiro atoms. The number of benzene rings is 2. The Morgan fingerprint density at radius 1 is 1.09 bits per heavy atom. The van der Waals surface area contributed by atoms with Gasteiger partial charge in [-0.1, -0.05) is 36.4 Å². The largest absolute Gasteiger partial charge is 0.479 e. The van der Waals surface area contributed by atoms with E-state index in [0.717, 1.165) is 17.0 Å². The van der Waals surface area contributed by atoms with E-state index in [1.807, 2.05) is 24.3 Å². The third kappa shape index (κ3) is 3.87. The van der Waals surface area contributed by atoms with Crippen molar-refractivity contribution in [1.82, 2.24) is 5.32 Å². The minimum absolute atomic E-state index is 0.380. The zero-order chi connectivity index (χ0) is 17.2. The van der Waals surface area contributed by atoms with E-state index in [2.05, 4.69) is 5.32 Å². The third-order valence-electron chi connectivity index (χ3n) is 3.65. The fourth-order valence-corrected chi connectivity index (χ4v) is 2.59. The van der Waals surface area contributed by atoms with Crippen molar-refractivity contribution in [2.75, 3.05) is 6.26 Å². The molecule has 0 heterocycles. The first-order chi connectivity index (χ1) is 10.7. The minimum Gasteiger partial charge on any atom is -0.479 e. The summed E-state index contributed by atoms with van der Waals surface area (Å²) in [5.74, 6) is -2.10. The zero-order valence-corrected chi connectivity index (χ0v) is 13.5. The molecule has 0 radical (unpaired) electrons. The topological polar surface area (TPSA) is 101 Å². The molecule has 23 heavy (non-hydrogen) atoms. The van der Waals surface area contributed by atoms with E-state index in [-0.39, 0.29) is 0 Å². The molecule has 2 atom stereocenters. The van der Waals surface area contributed by atoms with Gasteiger partial charge in [0, 0.05) is 6.26 Å². The van der Waals surface area contributed by atoms with Gasteiger partial charge in [0.1, 0.15) is 5.25 Å². The molecule has 2 rings (SSSR count). The first-order valence-corrected chi connectivity index (χ1v) is 8.86. The van der Waals surface area contributed by atoms with E-state index in [4.69, 9.17) is 0 Å². The predicted molar refractivity (Wildman–Crippen MR) is 86.8 cm³/mol. The van der Waals surface area contributed by atoms with Crippen molar-refractivity contribution in [1.29, 1.82) is 0 Å². The normalized spacial score (nSPS) is 14.2.